The molecule has 0 unspecified atom stereocenters. The van der Waals surface area contributed by atoms with Gasteiger partial charge < -0.3 is 12.4 Å². The summed E-state index contributed by atoms with van der Waals surface area (Å²) in [6.45, 7) is 0. The summed E-state index contributed by atoms with van der Waals surface area (Å²) >= 11 is 0. The van der Waals surface area contributed by atoms with Crippen molar-refractivity contribution in [3.05, 3.63) is 37.5 Å². The molecular formula is C8H10N2O2W. The minimum Gasteiger partial charge on any atom is -0.358 e. The van der Waals surface area contributed by atoms with E-state index in [0.29, 0.717) is 10.6 Å². The average Bonchev–Trinajstić information content (AvgIpc) is 2.05. The molecule has 0 aliphatic heterocycles. The third-order valence-corrected chi connectivity index (χ3v) is 1.14. The van der Waals surface area contributed by atoms with Gasteiger partial charge in [-0.1, -0.05) is 11.8 Å². The molecule has 0 aliphatic rings. The van der Waals surface area contributed by atoms with E-state index in [1.165, 1.54) is 25.5 Å². The summed E-state index contributed by atoms with van der Waals surface area (Å²) in [5.74, 6) is -0.491. The van der Waals surface area contributed by atoms with Crippen LogP contribution in [0.3, 0.4) is 0 Å². The zero-order valence-electron chi connectivity index (χ0n) is 7.39. The molecule has 0 aromatic carbocycles. The van der Waals surface area contributed by atoms with Gasteiger partial charge >= 0.3 is 21.1 Å². The van der Waals surface area contributed by atoms with Crippen LogP contribution in [-0.2, 0) is 21.1 Å². The second-order valence-electron chi connectivity index (χ2n) is 2.00. The van der Waals surface area contributed by atoms with Crippen molar-refractivity contribution < 1.29 is 31.1 Å². The summed E-state index contributed by atoms with van der Waals surface area (Å²) in [6, 6.07) is 4.09. The molecule has 4 nitrogen and oxygen atoms in total. The number of rotatable bonds is 1. The summed E-state index contributed by atoms with van der Waals surface area (Å²) in [5, 5.41) is 9.22. The topological polar surface area (TPSA) is 53.4 Å². The van der Waals surface area contributed by atoms with E-state index >= 15 is 0 Å². The Bertz CT molecular complexity index is 252. The van der Waals surface area contributed by atoms with Crippen molar-refractivity contribution in [2.45, 2.75) is 0 Å². The Kier molecular flexibility index (Phi) is 7.67. The Morgan fingerprint density at radius 3 is 2.69 bits per heavy atom. The van der Waals surface area contributed by atoms with Crippen molar-refractivity contribution in [2.75, 3.05) is 7.05 Å². The second kappa shape index (κ2) is 6.75. The first kappa shape index (κ1) is 14.8. The van der Waals surface area contributed by atoms with Crippen LogP contribution >= 0.6 is 0 Å². The number of hydrogen-bond acceptors (Lipinski definition) is 3. The van der Waals surface area contributed by atoms with E-state index in [1.54, 1.807) is 0 Å². The maximum Gasteiger partial charge on any atom is 2.00 e. The Morgan fingerprint density at radius 2 is 2.31 bits per heavy atom. The minimum atomic E-state index is -0.491. The molecule has 1 rings (SSSR count). The van der Waals surface area contributed by atoms with Gasteiger partial charge in [-0.05, 0) is 6.20 Å². The number of pyridine rings is 1. The Balaban J connectivity index is 0. The SMILES string of the molecule is CN(O)C(=O)c1c[c-]cnc1.[CH3-].[W+2]. The van der Waals surface area contributed by atoms with E-state index in [4.69, 9.17) is 5.21 Å². The van der Waals surface area contributed by atoms with Crippen molar-refractivity contribution in [2.24, 2.45) is 0 Å². The van der Waals surface area contributed by atoms with Crippen LogP contribution in [0.1, 0.15) is 10.4 Å². The first-order valence-corrected chi connectivity index (χ1v) is 3.00. The minimum absolute atomic E-state index is 0. The van der Waals surface area contributed by atoms with Gasteiger partial charge in [0.1, 0.15) is 0 Å². The van der Waals surface area contributed by atoms with Crippen molar-refractivity contribution in [1.82, 2.24) is 10.0 Å². The van der Waals surface area contributed by atoms with E-state index in [0.717, 1.165) is 0 Å². The average molecular weight is 350 g/mol. The zero-order valence-corrected chi connectivity index (χ0v) is 10.3. The van der Waals surface area contributed by atoms with Crippen LogP contribution in [0.25, 0.3) is 0 Å². The van der Waals surface area contributed by atoms with Crippen molar-refractivity contribution >= 4 is 5.91 Å². The summed E-state index contributed by atoms with van der Waals surface area (Å²) < 4.78 is 0. The summed E-state index contributed by atoms with van der Waals surface area (Å²) in [5.41, 5.74) is 0.317. The van der Waals surface area contributed by atoms with Crippen molar-refractivity contribution in [3.63, 3.8) is 0 Å². The molecular weight excluding hydrogens is 340 g/mol. The molecule has 0 aliphatic carbocycles. The van der Waals surface area contributed by atoms with Gasteiger partial charge in [-0.2, -0.15) is 0 Å². The molecule has 0 spiro atoms. The van der Waals surface area contributed by atoms with Crippen molar-refractivity contribution in [3.8, 4) is 0 Å². The van der Waals surface area contributed by atoms with Gasteiger partial charge in [0, 0.05) is 7.05 Å². The molecule has 1 N–H and O–H groups in total. The quantitative estimate of drug-likeness (QED) is 0.463. The van der Waals surface area contributed by atoms with Gasteiger partial charge in [0.15, 0.2) is 5.91 Å². The van der Waals surface area contributed by atoms with E-state index < -0.39 is 5.91 Å². The standard InChI is InChI=1S/C7H7N2O2.CH3.W/c1-9(11)7(10)6-3-2-4-8-5-6;;/h3-5,11H,1H3;1H3;/q2*-1;+2. The predicted molar refractivity (Wildman–Crippen MR) is 43.4 cm³/mol. The first-order chi connectivity index (χ1) is 5.22. The van der Waals surface area contributed by atoms with Crippen LogP contribution in [0.15, 0.2) is 18.5 Å². The fourth-order valence-corrected chi connectivity index (χ4v) is 0.629. The third-order valence-electron chi connectivity index (χ3n) is 1.14. The largest absolute Gasteiger partial charge is 2.00 e. The van der Waals surface area contributed by atoms with Gasteiger partial charge in [0.05, 0.1) is 0 Å². The number of nitrogens with zero attached hydrogens (tertiary/aromatic N) is 2. The monoisotopic (exact) mass is 350 g/mol. The first-order valence-electron chi connectivity index (χ1n) is 3.00. The molecule has 0 radical (unpaired) electrons. The zero-order chi connectivity index (χ0) is 8.27. The van der Waals surface area contributed by atoms with Crippen LogP contribution in [0.2, 0.25) is 0 Å². The van der Waals surface area contributed by atoms with Gasteiger partial charge in [0.2, 0.25) is 0 Å². The number of hydroxylamine groups is 2. The van der Waals surface area contributed by atoms with Crippen LogP contribution in [0.5, 0.6) is 0 Å². The van der Waals surface area contributed by atoms with Crippen LogP contribution in [0.4, 0.5) is 0 Å². The fraction of sp³-hybridized carbons (Fsp3) is 0.125. The molecule has 1 heterocycles. The van der Waals surface area contributed by atoms with E-state index in [1.807, 2.05) is 0 Å². The summed E-state index contributed by atoms with van der Waals surface area (Å²) in [4.78, 5) is 14.6. The fourth-order valence-electron chi connectivity index (χ4n) is 0.629. The molecule has 0 fully saturated rings. The van der Waals surface area contributed by atoms with Crippen LogP contribution in [-0.4, -0.2) is 28.2 Å². The molecule has 0 bridgehead atoms. The molecule has 13 heavy (non-hydrogen) atoms. The van der Waals surface area contributed by atoms with Gasteiger partial charge in [-0.15, -0.1) is 0 Å². The maximum atomic E-state index is 11.0. The Labute approximate surface area is 91.8 Å². The van der Waals surface area contributed by atoms with Gasteiger partial charge in [-0.3, -0.25) is 10.0 Å². The molecule has 1 aromatic rings. The second-order valence-corrected chi connectivity index (χ2v) is 2.00. The number of hydrogen-bond donors (Lipinski definition) is 1. The Hall–Kier alpha value is -0.732. The number of carbonyl (C=O) groups is 1. The molecule has 0 saturated carbocycles. The van der Waals surface area contributed by atoms with Crippen LogP contribution < -0.4 is 0 Å². The number of carbonyl (C=O) groups excluding carboxylic acids is 1. The summed E-state index contributed by atoms with van der Waals surface area (Å²) in [7, 11) is 1.26. The van der Waals surface area contributed by atoms with Crippen molar-refractivity contribution in [1.29, 1.82) is 0 Å². The van der Waals surface area contributed by atoms with Gasteiger partial charge in [0.25, 0.3) is 0 Å². The number of aromatic nitrogens is 1. The van der Waals surface area contributed by atoms with Gasteiger partial charge in [-0.25, -0.2) is 17.2 Å². The van der Waals surface area contributed by atoms with Crippen LogP contribution in [0, 0.1) is 13.5 Å². The Morgan fingerprint density at radius 1 is 1.69 bits per heavy atom. The molecule has 70 valence electrons. The predicted octanol–water partition coefficient (Wildman–Crippen LogP) is 0.791. The molecule has 0 saturated heterocycles. The van der Waals surface area contributed by atoms with E-state index in [-0.39, 0.29) is 28.5 Å². The molecule has 0 atom stereocenters. The molecule has 1 amide bonds. The third kappa shape index (κ3) is 4.15. The normalized spacial score (nSPS) is 7.85. The molecule has 5 heteroatoms. The van der Waals surface area contributed by atoms with E-state index in [2.05, 4.69) is 11.1 Å². The number of amides is 1. The molecule has 1 aromatic heterocycles. The summed E-state index contributed by atoms with van der Waals surface area (Å²) in [6.07, 6.45) is 2.81. The smallest absolute Gasteiger partial charge is 0.358 e. The maximum absolute atomic E-state index is 11.0. The van der Waals surface area contributed by atoms with E-state index in [9.17, 15) is 4.79 Å².